The van der Waals surface area contributed by atoms with E-state index >= 15 is 0 Å². The Morgan fingerprint density at radius 1 is 0.893 bits per heavy atom. The van der Waals surface area contributed by atoms with Crippen LogP contribution in [0.4, 0.5) is 5.69 Å². The summed E-state index contributed by atoms with van der Waals surface area (Å²) in [6.07, 6.45) is 0. The minimum Gasteiger partial charge on any atom is -0.278 e. The number of nitrogens with one attached hydrogen (secondary N) is 2. The van der Waals surface area contributed by atoms with Crippen molar-refractivity contribution in [1.29, 1.82) is 0 Å². The van der Waals surface area contributed by atoms with E-state index in [1.165, 1.54) is 24.3 Å². The lowest BCUT2D eigenvalue weighted by atomic mass is 10.2. The van der Waals surface area contributed by atoms with Gasteiger partial charge in [-0.3, -0.25) is 14.4 Å². The van der Waals surface area contributed by atoms with Gasteiger partial charge in [-0.25, -0.2) is 13.9 Å². The molecule has 0 bridgehead atoms. The Balaban J connectivity index is 1.62. The number of benzene rings is 3. The molecule has 3 aromatic carbocycles. The maximum atomic E-state index is 12.5. The molecule has 144 valence electrons. The van der Waals surface area contributed by atoms with Gasteiger partial charge in [0.2, 0.25) is 0 Å². The molecule has 0 unspecified atom stereocenters. The third kappa shape index (κ3) is 5.10. The molecular formula is C20H17ClN2O4S. The molecule has 1 amide bonds. The number of rotatable bonds is 7. The Morgan fingerprint density at radius 2 is 1.54 bits per heavy atom. The Hall–Kier alpha value is -2.87. The molecule has 8 heteroatoms. The second kappa shape index (κ2) is 8.88. The van der Waals surface area contributed by atoms with Crippen LogP contribution in [-0.2, 0) is 21.5 Å². The summed E-state index contributed by atoms with van der Waals surface area (Å²) in [4.78, 5) is 17.3. The van der Waals surface area contributed by atoms with Gasteiger partial charge in [-0.15, -0.1) is 0 Å². The van der Waals surface area contributed by atoms with Crippen LogP contribution in [0.5, 0.6) is 0 Å². The first kappa shape index (κ1) is 19.9. The van der Waals surface area contributed by atoms with Crippen LogP contribution in [0, 0.1) is 0 Å². The summed E-state index contributed by atoms with van der Waals surface area (Å²) in [6.45, 7) is 0.223. The monoisotopic (exact) mass is 416 g/mol. The zero-order valence-corrected chi connectivity index (χ0v) is 16.2. The maximum Gasteiger partial charge on any atom is 0.274 e. The largest absolute Gasteiger partial charge is 0.278 e. The molecule has 0 aliphatic rings. The molecule has 0 heterocycles. The number of carbonyl (C=O) groups excluding carboxylic acids is 1. The highest BCUT2D eigenvalue weighted by Crippen LogP contribution is 2.24. The topological polar surface area (TPSA) is 84.5 Å². The third-order valence-electron chi connectivity index (χ3n) is 3.79. The van der Waals surface area contributed by atoms with Crippen LogP contribution in [0.15, 0.2) is 83.8 Å². The molecule has 0 spiro atoms. The van der Waals surface area contributed by atoms with Gasteiger partial charge in [0, 0.05) is 5.56 Å². The lowest BCUT2D eigenvalue weighted by molar-refractivity contribution is 0.0233. The van der Waals surface area contributed by atoms with Crippen LogP contribution >= 0.6 is 11.6 Å². The Morgan fingerprint density at radius 3 is 2.21 bits per heavy atom. The first-order valence-electron chi connectivity index (χ1n) is 8.29. The fourth-order valence-electron chi connectivity index (χ4n) is 2.35. The zero-order chi connectivity index (χ0) is 20.0. The molecule has 28 heavy (non-hydrogen) atoms. The van der Waals surface area contributed by atoms with Gasteiger partial charge in [0.1, 0.15) is 0 Å². The van der Waals surface area contributed by atoms with Crippen molar-refractivity contribution in [3.63, 3.8) is 0 Å². The number of hydrogen-bond donors (Lipinski definition) is 2. The number of para-hydroxylation sites is 1. The molecule has 0 aliphatic carbocycles. The second-order valence-electron chi connectivity index (χ2n) is 5.82. The number of hydroxylamine groups is 1. The number of amides is 1. The molecule has 0 saturated heterocycles. The van der Waals surface area contributed by atoms with E-state index in [0.717, 1.165) is 5.56 Å². The molecule has 0 radical (unpaired) electrons. The van der Waals surface area contributed by atoms with Crippen molar-refractivity contribution in [1.82, 2.24) is 5.48 Å². The third-order valence-corrected chi connectivity index (χ3v) is 5.50. The number of carbonyl (C=O) groups is 1. The second-order valence-corrected chi connectivity index (χ2v) is 7.90. The molecule has 3 aromatic rings. The standard InChI is InChI=1S/C20H17ClN2O4S/c21-18-8-4-5-9-19(18)23-28(25,26)17-12-10-16(11-13-17)20(24)22-27-14-15-6-2-1-3-7-15/h1-13,23H,14H2,(H,22,24). The quantitative estimate of drug-likeness (QED) is 0.570. The van der Waals surface area contributed by atoms with E-state index in [1.807, 2.05) is 30.3 Å². The van der Waals surface area contributed by atoms with Crippen LogP contribution < -0.4 is 10.2 Å². The molecule has 0 aromatic heterocycles. The highest BCUT2D eigenvalue weighted by Gasteiger charge is 2.16. The van der Waals surface area contributed by atoms with E-state index in [1.54, 1.807) is 24.3 Å². The number of anilines is 1. The first-order valence-corrected chi connectivity index (χ1v) is 10.2. The Labute approximate surface area is 168 Å². The molecule has 0 atom stereocenters. The van der Waals surface area contributed by atoms with Gasteiger partial charge in [0.25, 0.3) is 15.9 Å². The number of halogens is 1. The highest BCUT2D eigenvalue weighted by molar-refractivity contribution is 7.92. The van der Waals surface area contributed by atoms with Crippen LogP contribution in [0.1, 0.15) is 15.9 Å². The molecule has 3 rings (SSSR count). The average Bonchev–Trinajstić information content (AvgIpc) is 2.70. The summed E-state index contributed by atoms with van der Waals surface area (Å²) >= 11 is 5.98. The molecule has 2 N–H and O–H groups in total. The normalized spacial score (nSPS) is 11.0. The summed E-state index contributed by atoms with van der Waals surface area (Å²) in [6, 6.07) is 21.4. The maximum absolute atomic E-state index is 12.5. The van der Waals surface area contributed by atoms with Crippen molar-refractivity contribution in [2.75, 3.05) is 4.72 Å². The summed E-state index contributed by atoms with van der Waals surface area (Å²) in [7, 11) is -3.83. The van der Waals surface area contributed by atoms with Crippen molar-refractivity contribution in [3.8, 4) is 0 Å². The van der Waals surface area contributed by atoms with Gasteiger partial charge in [-0.1, -0.05) is 54.1 Å². The Kier molecular flexibility index (Phi) is 6.30. The fourth-order valence-corrected chi connectivity index (χ4v) is 3.67. The van der Waals surface area contributed by atoms with Gasteiger partial charge in [-0.05, 0) is 42.0 Å². The van der Waals surface area contributed by atoms with Crippen molar-refractivity contribution in [2.45, 2.75) is 11.5 Å². The van der Waals surface area contributed by atoms with Crippen LogP contribution in [0.3, 0.4) is 0 Å². The van der Waals surface area contributed by atoms with E-state index in [4.69, 9.17) is 16.4 Å². The van der Waals surface area contributed by atoms with Gasteiger partial charge >= 0.3 is 0 Å². The average molecular weight is 417 g/mol. The molecule has 0 fully saturated rings. The lowest BCUT2D eigenvalue weighted by Crippen LogP contribution is -2.23. The number of hydrogen-bond acceptors (Lipinski definition) is 4. The smallest absolute Gasteiger partial charge is 0.274 e. The molecule has 0 saturated carbocycles. The first-order chi connectivity index (χ1) is 13.5. The van der Waals surface area contributed by atoms with Crippen LogP contribution in [0.2, 0.25) is 5.02 Å². The minimum absolute atomic E-state index is 0.00849. The summed E-state index contributed by atoms with van der Waals surface area (Å²) < 4.78 is 27.4. The van der Waals surface area contributed by atoms with E-state index in [-0.39, 0.29) is 27.8 Å². The molecular weight excluding hydrogens is 400 g/mol. The zero-order valence-electron chi connectivity index (χ0n) is 14.6. The van der Waals surface area contributed by atoms with Crippen molar-refractivity contribution in [3.05, 3.63) is 95.0 Å². The fraction of sp³-hybridized carbons (Fsp3) is 0.0500. The highest BCUT2D eigenvalue weighted by atomic mass is 35.5. The molecule has 0 aliphatic heterocycles. The van der Waals surface area contributed by atoms with Crippen molar-refractivity contribution < 1.29 is 18.0 Å². The van der Waals surface area contributed by atoms with Crippen LogP contribution in [0.25, 0.3) is 0 Å². The predicted octanol–water partition coefficient (Wildman–Crippen LogP) is 4.00. The van der Waals surface area contributed by atoms with Crippen molar-refractivity contribution in [2.24, 2.45) is 0 Å². The SMILES string of the molecule is O=C(NOCc1ccccc1)c1ccc(S(=O)(=O)Nc2ccccc2Cl)cc1. The van der Waals surface area contributed by atoms with Crippen LogP contribution in [-0.4, -0.2) is 14.3 Å². The van der Waals surface area contributed by atoms with E-state index in [2.05, 4.69) is 10.2 Å². The predicted molar refractivity (Wildman–Crippen MR) is 107 cm³/mol. The van der Waals surface area contributed by atoms with Gasteiger partial charge in [-0.2, -0.15) is 0 Å². The van der Waals surface area contributed by atoms with Crippen molar-refractivity contribution >= 4 is 33.2 Å². The van der Waals surface area contributed by atoms with Gasteiger partial charge in [0.05, 0.1) is 22.2 Å². The van der Waals surface area contributed by atoms with E-state index in [9.17, 15) is 13.2 Å². The Bertz CT molecular complexity index is 1060. The summed E-state index contributed by atoms with van der Waals surface area (Å²) in [5.74, 6) is -0.473. The molecule has 6 nitrogen and oxygen atoms in total. The van der Waals surface area contributed by atoms with E-state index in [0.29, 0.717) is 0 Å². The number of sulfonamides is 1. The summed E-state index contributed by atoms with van der Waals surface area (Å²) in [5, 5.41) is 0.289. The van der Waals surface area contributed by atoms with Gasteiger partial charge in [0.15, 0.2) is 0 Å². The summed E-state index contributed by atoms with van der Waals surface area (Å²) in [5.41, 5.74) is 3.79. The van der Waals surface area contributed by atoms with E-state index < -0.39 is 15.9 Å². The lowest BCUT2D eigenvalue weighted by Gasteiger charge is -2.10. The minimum atomic E-state index is -3.83. The van der Waals surface area contributed by atoms with Gasteiger partial charge < -0.3 is 0 Å².